The largest absolute Gasteiger partial charge is 0.493 e. The average molecular weight is 640 g/mol. The van der Waals surface area contributed by atoms with Gasteiger partial charge in [-0.25, -0.2) is 4.98 Å². The summed E-state index contributed by atoms with van der Waals surface area (Å²) in [6, 6.07) is 24.6. The number of aromatic nitrogens is 2. The Bertz CT molecular complexity index is 1590. The first-order chi connectivity index (χ1) is 22.3. The molecule has 1 aliphatic heterocycles. The Labute approximate surface area is 280 Å². The maximum absolute atomic E-state index is 6.12. The molecule has 242 valence electrons. The molecule has 0 saturated heterocycles. The molecule has 0 N–H and O–H groups in total. The maximum Gasteiger partial charge on any atom is 0.119 e. The number of rotatable bonds is 16. The van der Waals surface area contributed by atoms with Crippen LogP contribution in [0.2, 0.25) is 5.02 Å². The molecule has 1 aliphatic rings. The summed E-state index contributed by atoms with van der Waals surface area (Å²) in [7, 11) is 4.43. The van der Waals surface area contributed by atoms with Crippen molar-refractivity contribution in [1.29, 1.82) is 0 Å². The van der Waals surface area contributed by atoms with Crippen molar-refractivity contribution < 1.29 is 14.0 Å². The smallest absolute Gasteiger partial charge is 0.119 e. The van der Waals surface area contributed by atoms with Gasteiger partial charge in [-0.3, -0.25) is 0 Å². The van der Waals surface area contributed by atoms with Crippen LogP contribution in [0, 0.1) is 0 Å². The molecule has 0 amide bonds. The van der Waals surface area contributed by atoms with Gasteiger partial charge in [-0.1, -0.05) is 35.4 Å². The van der Waals surface area contributed by atoms with E-state index >= 15 is 0 Å². The quantitative estimate of drug-likeness (QED) is 0.0912. The fourth-order valence-corrected chi connectivity index (χ4v) is 5.81. The molecule has 0 atom stereocenters. The van der Waals surface area contributed by atoms with Crippen LogP contribution in [0.3, 0.4) is 0 Å². The lowest BCUT2D eigenvalue weighted by Crippen LogP contribution is -2.44. The molecule has 0 saturated carbocycles. The van der Waals surface area contributed by atoms with Crippen molar-refractivity contribution in [3.63, 3.8) is 0 Å². The van der Waals surface area contributed by atoms with Gasteiger partial charge < -0.3 is 23.4 Å². The summed E-state index contributed by atoms with van der Waals surface area (Å²) >= 11 is 6.01. The SMILES string of the molecule is CC[N+](C)(CC)CCCOc1ccc(-n2cc(-c3ccc(OCCc4ccc(Cl)cc4)cc3)nc2CCC2=CC=CN(C)C2)cc1. The molecule has 3 aromatic carbocycles. The number of hydrogen-bond donors (Lipinski definition) is 0. The highest BCUT2D eigenvalue weighted by atomic mass is 35.5. The molecule has 2 heterocycles. The molecular formula is C39H48ClN4O2+. The fourth-order valence-electron chi connectivity index (χ4n) is 5.68. The fraction of sp³-hybridized carbons (Fsp3) is 0.359. The first kappa shape index (κ1) is 33.4. The first-order valence-corrected chi connectivity index (χ1v) is 16.9. The van der Waals surface area contributed by atoms with Gasteiger partial charge in [0.1, 0.15) is 17.3 Å². The van der Waals surface area contributed by atoms with Gasteiger partial charge in [0.2, 0.25) is 0 Å². The zero-order chi connectivity index (χ0) is 32.4. The molecule has 46 heavy (non-hydrogen) atoms. The highest BCUT2D eigenvalue weighted by Crippen LogP contribution is 2.27. The summed E-state index contributed by atoms with van der Waals surface area (Å²) in [5.74, 6) is 2.80. The van der Waals surface area contributed by atoms with Crippen molar-refractivity contribution >= 4 is 11.6 Å². The van der Waals surface area contributed by atoms with E-state index in [2.05, 4.69) is 98.4 Å². The van der Waals surface area contributed by atoms with Gasteiger partial charge in [0, 0.05) is 55.3 Å². The van der Waals surface area contributed by atoms with Crippen molar-refractivity contribution in [2.45, 2.75) is 39.5 Å². The Kier molecular flexibility index (Phi) is 11.6. The lowest BCUT2D eigenvalue weighted by atomic mass is 10.1. The zero-order valence-electron chi connectivity index (χ0n) is 27.8. The molecule has 1 aromatic heterocycles. The van der Waals surface area contributed by atoms with Crippen molar-refractivity contribution in [1.82, 2.24) is 14.5 Å². The van der Waals surface area contributed by atoms with E-state index in [9.17, 15) is 0 Å². The van der Waals surface area contributed by atoms with E-state index in [1.807, 2.05) is 36.4 Å². The molecule has 5 rings (SSSR count). The molecule has 6 nitrogen and oxygen atoms in total. The number of imidazole rings is 1. The topological polar surface area (TPSA) is 39.5 Å². The van der Waals surface area contributed by atoms with E-state index in [0.29, 0.717) is 6.61 Å². The molecular weight excluding hydrogens is 592 g/mol. The predicted octanol–water partition coefficient (Wildman–Crippen LogP) is 8.39. The summed E-state index contributed by atoms with van der Waals surface area (Å²) in [6.07, 6.45) is 12.3. The van der Waals surface area contributed by atoms with Crippen molar-refractivity contribution in [2.75, 3.05) is 53.5 Å². The summed E-state index contributed by atoms with van der Waals surface area (Å²) in [5.41, 5.74) is 5.71. The normalized spacial score (nSPS) is 13.2. The maximum atomic E-state index is 6.12. The highest BCUT2D eigenvalue weighted by Gasteiger charge is 2.16. The van der Waals surface area contributed by atoms with Crippen molar-refractivity contribution in [3.8, 4) is 28.4 Å². The molecule has 0 unspecified atom stereocenters. The Morgan fingerprint density at radius 3 is 2.17 bits per heavy atom. The Morgan fingerprint density at radius 2 is 1.50 bits per heavy atom. The third-order valence-corrected chi connectivity index (χ3v) is 9.30. The predicted molar refractivity (Wildman–Crippen MR) is 190 cm³/mol. The van der Waals surface area contributed by atoms with Crippen LogP contribution in [0.1, 0.15) is 38.1 Å². The number of hydrogen-bond acceptors (Lipinski definition) is 4. The Balaban J connectivity index is 1.26. The second kappa shape index (κ2) is 16.0. The minimum Gasteiger partial charge on any atom is -0.493 e. The van der Waals surface area contributed by atoms with E-state index < -0.39 is 0 Å². The number of ether oxygens (including phenoxy) is 2. The van der Waals surface area contributed by atoms with Gasteiger partial charge in [-0.2, -0.15) is 0 Å². The highest BCUT2D eigenvalue weighted by molar-refractivity contribution is 6.30. The van der Waals surface area contributed by atoms with Gasteiger partial charge in [-0.05, 0) is 98.8 Å². The third-order valence-electron chi connectivity index (χ3n) is 9.05. The standard InChI is InChI=1S/C39H48ClN4O2/c1-5-44(4,6-2)26-8-27-45-37-21-17-35(18-22-37)43-30-38(41-39(43)23-12-32-9-7-25-42(3)29-32)33-13-19-36(20-14-33)46-28-24-31-10-15-34(40)16-11-31/h7,9-11,13-22,25,30H,5-6,8,12,23-24,26-29H2,1-4H3/q+1. The molecule has 0 radical (unpaired) electrons. The van der Waals surface area contributed by atoms with Crippen LogP contribution in [-0.4, -0.2) is 72.4 Å². The number of nitrogens with zero attached hydrogens (tertiary/aromatic N) is 4. The number of halogens is 1. The minimum atomic E-state index is 0.607. The van der Waals surface area contributed by atoms with Crippen LogP contribution >= 0.6 is 11.6 Å². The second-order valence-corrected chi connectivity index (χ2v) is 12.9. The van der Waals surface area contributed by atoms with E-state index in [1.54, 1.807) is 0 Å². The lowest BCUT2D eigenvalue weighted by Gasteiger charge is -2.32. The molecule has 0 bridgehead atoms. The van der Waals surface area contributed by atoms with Gasteiger partial charge in [0.25, 0.3) is 0 Å². The van der Waals surface area contributed by atoms with Gasteiger partial charge in [0.15, 0.2) is 0 Å². The number of aryl methyl sites for hydroxylation is 1. The van der Waals surface area contributed by atoms with E-state index in [0.717, 1.165) is 102 Å². The lowest BCUT2D eigenvalue weighted by molar-refractivity contribution is -0.906. The minimum absolute atomic E-state index is 0.607. The number of likely N-dealkylation sites (N-methyl/N-ethyl adjacent to an activating group) is 1. The van der Waals surface area contributed by atoms with Gasteiger partial charge >= 0.3 is 0 Å². The molecule has 0 aliphatic carbocycles. The van der Waals surface area contributed by atoms with Crippen LogP contribution in [0.4, 0.5) is 0 Å². The van der Waals surface area contributed by atoms with E-state index in [4.69, 9.17) is 26.1 Å². The average Bonchev–Trinajstić information content (AvgIpc) is 3.51. The number of allylic oxidation sites excluding steroid dienone is 2. The van der Waals surface area contributed by atoms with Crippen LogP contribution in [0.25, 0.3) is 16.9 Å². The van der Waals surface area contributed by atoms with Crippen LogP contribution in [0.5, 0.6) is 11.5 Å². The second-order valence-electron chi connectivity index (χ2n) is 12.4. The van der Waals surface area contributed by atoms with Gasteiger partial charge in [-0.15, -0.1) is 0 Å². The monoisotopic (exact) mass is 639 g/mol. The van der Waals surface area contributed by atoms with E-state index in [-0.39, 0.29) is 0 Å². The molecule has 0 fully saturated rings. The Hall–Kier alpha value is -4.00. The molecule has 0 spiro atoms. The van der Waals surface area contributed by atoms with Crippen molar-refractivity contribution in [2.24, 2.45) is 0 Å². The van der Waals surface area contributed by atoms with Crippen LogP contribution in [-0.2, 0) is 12.8 Å². The summed E-state index contributed by atoms with van der Waals surface area (Å²) < 4.78 is 15.5. The van der Waals surface area contributed by atoms with Crippen LogP contribution in [0.15, 0.2) is 103 Å². The molecule has 4 aromatic rings. The molecule has 7 heteroatoms. The van der Waals surface area contributed by atoms with Crippen LogP contribution < -0.4 is 9.47 Å². The number of quaternary nitrogens is 1. The summed E-state index contributed by atoms with van der Waals surface area (Å²) in [6.45, 7) is 10.2. The van der Waals surface area contributed by atoms with Crippen molar-refractivity contribution in [3.05, 3.63) is 119 Å². The third kappa shape index (κ3) is 9.27. The first-order valence-electron chi connectivity index (χ1n) is 16.5. The summed E-state index contributed by atoms with van der Waals surface area (Å²) in [4.78, 5) is 7.36. The zero-order valence-corrected chi connectivity index (χ0v) is 28.5. The Morgan fingerprint density at radius 1 is 0.826 bits per heavy atom. The number of benzene rings is 3. The summed E-state index contributed by atoms with van der Waals surface area (Å²) in [5, 5.41) is 0.750. The van der Waals surface area contributed by atoms with Gasteiger partial charge in [0.05, 0.1) is 45.6 Å². The van der Waals surface area contributed by atoms with E-state index in [1.165, 1.54) is 11.1 Å².